The molecule has 6 nitrogen and oxygen atoms in total. The topological polar surface area (TPSA) is 75.2 Å². The number of hydrogen-bond acceptors (Lipinski definition) is 6. The molecule has 0 aliphatic carbocycles. The predicted octanol–water partition coefficient (Wildman–Crippen LogP) is 2.70. The van der Waals surface area contributed by atoms with E-state index in [1.807, 2.05) is 29.0 Å². The zero-order chi connectivity index (χ0) is 15.0. The fourth-order valence-corrected chi connectivity index (χ4v) is 3.08. The number of nitrogen functional groups attached to an aromatic ring is 1. The van der Waals surface area contributed by atoms with Crippen molar-refractivity contribution in [2.45, 2.75) is 13.0 Å². The summed E-state index contributed by atoms with van der Waals surface area (Å²) < 4.78 is 12.6. The lowest BCUT2D eigenvalue weighted by molar-refractivity contribution is 0.355. The number of ether oxygens (including phenoxy) is 2. The van der Waals surface area contributed by atoms with Gasteiger partial charge in [0.15, 0.2) is 11.5 Å². The average Bonchev–Trinajstić information content (AvgIpc) is 3.11. The van der Waals surface area contributed by atoms with E-state index in [4.69, 9.17) is 15.2 Å². The van der Waals surface area contributed by atoms with Gasteiger partial charge in [-0.1, -0.05) is 0 Å². The molecule has 0 aliphatic rings. The Labute approximate surface area is 126 Å². The molecule has 0 fully saturated rings. The number of fused-ring (bicyclic) bond motifs is 1. The van der Waals surface area contributed by atoms with Crippen molar-refractivity contribution in [3.05, 3.63) is 28.7 Å². The Morgan fingerprint density at radius 3 is 2.57 bits per heavy atom. The van der Waals surface area contributed by atoms with Crippen molar-refractivity contribution in [1.82, 2.24) is 14.5 Å². The number of thiazole rings is 1. The Balaban J connectivity index is 2.20. The summed E-state index contributed by atoms with van der Waals surface area (Å²) in [5.74, 6) is 1.73. The van der Waals surface area contributed by atoms with E-state index in [0.29, 0.717) is 17.4 Å². The fourth-order valence-electron chi connectivity index (χ4n) is 2.40. The van der Waals surface area contributed by atoms with Gasteiger partial charge in [-0.2, -0.15) is 0 Å². The standard InChI is InChI=1S/C14H16N4O2S/c1-8(13-16-4-5-21-13)18-10-7-12(20-3)11(19-2)6-9(10)17-14(18)15/h4-8H,1-3H3,(H2,15,17). The van der Waals surface area contributed by atoms with Gasteiger partial charge in [-0.05, 0) is 6.92 Å². The number of methoxy groups -OCH3 is 2. The van der Waals surface area contributed by atoms with Crippen molar-refractivity contribution >= 4 is 28.3 Å². The highest BCUT2D eigenvalue weighted by atomic mass is 32.1. The van der Waals surface area contributed by atoms with Crippen LogP contribution in [-0.2, 0) is 0 Å². The predicted molar refractivity (Wildman–Crippen MR) is 83.2 cm³/mol. The van der Waals surface area contributed by atoms with E-state index in [0.717, 1.165) is 16.0 Å². The second kappa shape index (κ2) is 5.25. The summed E-state index contributed by atoms with van der Waals surface area (Å²) in [6.07, 6.45) is 1.79. The van der Waals surface area contributed by atoms with Gasteiger partial charge < -0.3 is 19.8 Å². The Morgan fingerprint density at radius 2 is 1.95 bits per heavy atom. The molecule has 7 heteroatoms. The van der Waals surface area contributed by atoms with Crippen molar-refractivity contribution in [2.24, 2.45) is 0 Å². The number of imidazole rings is 1. The molecule has 0 saturated carbocycles. The van der Waals surface area contributed by atoms with Crippen LogP contribution in [-0.4, -0.2) is 28.8 Å². The maximum Gasteiger partial charge on any atom is 0.201 e. The van der Waals surface area contributed by atoms with Gasteiger partial charge in [-0.15, -0.1) is 11.3 Å². The van der Waals surface area contributed by atoms with Crippen molar-refractivity contribution in [2.75, 3.05) is 20.0 Å². The third-order valence-corrected chi connectivity index (χ3v) is 4.36. The molecule has 2 N–H and O–H groups in total. The SMILES string of the molecule is COc1cc2nc(N)n(C(C)c3nccs3)c2cc1OC. The first-order valence-corrected chi connectivity index (χ1v) is 7.32. The monoisotopic (exact) mass is 304 g/mol. The highest BCUT2D eigenvalue weighted by Crippen LogP contribution is 2.35. The van der Waals surface area contributed by atoms with Crippen LogP contribution in [0.25, 0.3) is 11.0 Å². The van der Waals surface area contributed by atoms with Crippen molar-refractivity contribution in [3.8, 4) is 11.5 Å². The van der Waals surface area contributed by atoms with Gasteiger partial charge in [0.25, 0.3) is 0 Å². The molecule has 0 aliphatic heterocycles. The summed E-state index contributed by atoms with van der Waals surface area (Å²) in [4.78, 5) is 8.76. The molecule has 0 spiro atoms. The van der Waals surface area contributed by atoms with Gasteiger partial charge in [-0.3, -0.25) is 0 Å². The van der Waals surface area contributed by atoms with Gasteiger partial charge in [0.05, 0.1) is 31.3 Å². The molecule has 2 heterocycles. The minimum atomic E-state index is 0.00750. The molecule has 1 atom stereocenters. The fraction of sp³-hybridized carbons (Fsp3) is 0.286. The summed E-state index contributed by atoms with van der Waals surface area (Å²) in [7, 11) is 3.21. The van der Waals surface area contributed by atoms with Crippen LogP contribution >= 0.6 is 11.3 Å². The minimum Gasteiger partial charge on any atom is -0.493 e. The Hall–Kier alpha value is -2.28. The Kier molecular flexibility index (Phi) is 3.42. The van der Waals surface area contributed by atoms with E-state index in [2.05, 4.69) is 9.97 Å². The molecule has 2 aromatic heterocycles. The molecular formula is C14H16N4O2S. The molecule has 3 rings (SSSR count). The van der Waals surface area contributed by atoms with Crippen LogP contribution in [0.3, 0.4) is 0 Å². The minimum absolute atomic E-state index is 0.00750. The number of nitrogens with zero attached hydrogens (tertiary/aromatic N) is 3. The summed E-state index contributed by atoms with van der Waals surface area (Å²) in [6.45, 7) is 2.05. The summed E-state index contributed by atoms with van der Waals surface area (Å²) in [5, 5.41) is 2.93. The van der Waals surface area contributed by atoms with Gasteiger partial charge in [-0.25, -0.2) is 9.97 Å². The molecule has 1 unspecified atom stereocenters. The number of hydrogen-bond donors (Lipinski definition) is 1. The summed E-state index contributed by atoms with van der Waals surface area (Å²) in [6, 6.07) is 3.73. The van der Waals surface area contributed by atoms with E-state index >= 15 is 0 Å². The van der Waals surface area contributed by atoms with E-state index in [-0.39, 0.29) is 6.04 Å². The Morgan fingerprint density at radius 1 is 1.24 bits per heavy atom. The van der Waals surface area contributed by atoms with Crippen LogP contribution in [0.4, 0.5) is 5.95 Å². The smallest absolute Gasteiger partial charge is 0.201 e. The molecule has 21 heavy (non-hydrogen) atoms. The highest BCUT2D eigenvalue weighted by molar-refractivity contribution is 7.09. The molecule has 0 amide bonds. The molecular weight excluding hydrogens is 288 g/mol. The maximum absolute atomic E-state index is 6.09. The van der Waals surface area contributed by atoms with Crippen LogP contribution in [0.1, 0.15) is 18.0 Å². The highest BCUT2D eigenvalue weighted by Gasteiger charge is 2.19. The summed E-state index contributed by atoms with van der Waals surface area (Å²) >= 11 is 1.59. The van der Waals surface area contributed by atoms with E-state index < -0.39 is 0 Å². The molecule has 1 aromatic carbocycles. The first kappa shape index (κ1) is 13.7. The number of anilines is 1. The summed E-state index contributed by atoms with van der Waals surface area (Å²) in [5.41, 5.74) is 7.76. The number of benzene rings is 1. The Bertz CT molecular complexity index is 767. The largest absolute Gasteiger partial charge is 0.493 e. The van der Waals surface area contributed by atoms with Gasteiger partial charge >= 0.3 is 0 Å². The van der Waals surface area contributed by atoms with E-state index in [9.17, 15) is 0 Å². The third kappa shape index (κ3) is 2.19. The second-order valence-corrected chi connectivity index (χ2v) is 5.51. The van der Waals surface area contributed by atoms with Gasteiger partial charge in [0, 0.05) is 23.7 Å². The zero-order valence-corrected chi connectivity index (χ0v) is 12.8. The zero-order valence-electron chi connectivity index (χ0n) is 12.0. The quantitative estimate of drug-likeness (QED) is 0.802. The van der Waals surface area contributed by atoms with Crippen LogP contribution in [0.2, 0.25) is 0 Å². The molecule has 110 valence electrons. The average molecular weight is 304 g/mol. The third-order valence-electron chi connectivity index (χ3n) is 3.42. The number of rotatable bonds is 4. The molecule has 3 aromatic rings. The van der Waals surface area contributed by atoms with Crippen LogP contribution in [0.15, 0.2) is 23.7 Å². The number of nitrogens with two attached hydrogens (primary N) is 1. The first-order valence-electron chi connectivity index (χ1n) is 6.44. The van der Waals surface area contributed by atoms with Gasteiger partial charge in [0.2, 0.25) is 5.95 Å². The number of aromatic nitrogens is 3. The molecule has 0 saturated heterocycles. The normalized spacial score (nSPS) is 12.5. The van der Waals surface area contributed by atoms with E-state index in [1.54, 1.807) is 31.8 Å². The van der Waals surface area contributed by atoms with Gasteiger partial charge in [0.1, 0.15) is 5.01 Å². The lowest BCUT2D eigenvalue weighted by atomic mass is 10.2. The van der Waals surface area contributed by atoms with Crippen molar-refractivity contribution in [1.29, 1.82) is 0 Å². The van der Waals surface area contributed by atoms with E-state index in [1.165, 1.54) is 0 Å². The van der Waals surface area contributed by atoms with Crippen molar-refractivity contribution < 1.29 is 9.47 Å². The first-order chi connectivity index (χ1) is 10.2. The van der Waals surface area contributed by atoms with Crippen LogP contribution in [0.5, 0.6) is 11.5 Å². The van der Waals surface area contributed by atoms with Crippen LogP contribution in [0, 0.1) is 0 Å². The maximum atomic E-state index is 6.09. The molecule has 0 radical (unpaired) electrons. The second-order valence-electron chi connectivity index (χ2n) is 4.58. The lowest BCUT2D eigenvalue weighted by Crippen LogP contribution is -2.09. The van der Waals surface area contributed by atoms with Crippen molar-refractivity contribution in [3.63, 3.8) is 0 Å². The lowest BCUT2D eigenvalue weighted by Gasteiger charge is -2.14. The van der Waals surface area contributed by atoms with Crippen LogP contribution < -0.4 is 15.2 Å². The molecule has 0 bridgehead atoms.